The van der Waals surface area contributed by atoms with E-state index in [2.05, 4.69) is 42.5 Å². The summed E-state index contributed by atoms with van der Waals surface area (Å²) in [5, 5.41) is 26.3. The number of hydroxylamine groups is 4. The number of halogens is 8. The monoisotopic (exact) mass is 994 g/mol. The molecule has 4 aromatic rings. The number of nitrogens with zero attached hydrogens (tertiary/aromatic N) is 2. The molecule has 4 aromatic carbocycles. The van der Waals surface area contributed by atoms with Gasteiger partial charge in [0.1, 0.15) is 0 Å². The molecule has 8 N–H and O–H groups in total. The Labute approximate surface area is 356 Å². The van der Waals surface area contributed by atoms with Crippen molar-refractivity contribution in [1.82, 2.24) is 10.1 Å². The van der Waals surface area contributed by atoms with E-state index in [1.54, 1.807) is 36.4 Å². The molecule has 0 radical (unpaired) electrons. The molecule has 0 aliphatic carbocycles. The van der Waals surface area contributed by atoms with E-state index in [-0.39, 0.29) is 54.7 Å². The zero-order chi connectivity index (χ0) is 41.4. The van der Waals surface area contributed by atoms with E-state index >= 15 is 0 Å². The van der Waals surface area contributed by atoms with Crippen molar-refractivity contribution in [3.63, 3.8) is 0 Å². The predicted octanol–water partition coefficient (Wildman–Crippen LogP) is 10.8. The van der Waals surface area contributed by atoms with E-state index in [0.717, 1.165) is 19.1 Å². The largest absolute Gasteiger partial charge is 0.478 e. The number of carboxylic acids is 2. The minimum absolute atomic E-state index is 0.0203. The molecule has 0 heterocycles. The first-order valence-electron chi connectivity index (χ1n) is 14.2. The summed E-state index contributed by atoms with van der Waals surface area (Å²) >= 11 is 40.6. The lowest BCUT2D eigenvalue weighted by Gasteiger charge is -2.14. The maximum absolute atomic E-state index is 11.4. The Morgan fingerprint density at radius 1 is 0.611 bits per heavy atom. The second-order valence-corrected chi connectivity index (χ2v) is 14.0. The third kappa shape index (κ3) is 16.1. The summed E-state index contributed by atoms with van der Waals surface area (Å²) < 4.78 is 1.56. The van der Waals surface area contributed by atoms with Crippen molar-refractivity contribution in [3.8, 4) is 0 Å². The number of nitrogen functional groups attached to an aromatic ring is 2. The molecule has 54 heavy (non-hydrogen) atoms. The molecule has 0 aromatic heterocycles. The van der Waals surface area contributed by atoms with Crippen LogP contribution in [0.15, 0.2) is 69.6 Å². The summed E-state index contributed by atoms with van der Waals surface area (Å²) in [6, 6.07) is 14.8. The van der Waals surface area contributed by atoms with Crippen molar-refractivity contribution in [2.45, 2.75) is 0 Å². The lowest BCUT2D eigenvalue weighted by atomic mass is 10.2. The lowest BCUT2D eigenvalue weighted by molar-refractivity contribution is -0.0598. The number of nitrogens with one attached hydrogen (secondary N) is 2. The number of benzene rings is 4. The fourth-order valence-corrected chi connectivity index (χ4v) is 4.94. The van der Waals surface area contributed by atoms with Crippen LogP contribution in [0.1, 0.15) is 20.7 Å². The second-order valence-electron chi connectivity index (χ2n) is 9.80. The van der Waals surface area contributed by atoms with Gasteiger partial charge in [-0.05, 0) is 92.5 Å². The van der Waals surface area contributed by atoms with Crippen LogP contribution in [-0.4, -0.2) is 72.7 Å². The first kappa shape index (κ1) is 48.6. The SMILES string of the molecule is CON(C)C(=O)Nc1ccc(Br)c(Cl)c1.CON(C)C(=O)Nc1ccc(Br)c(Cl)c1.Nc1cc(Cl)cc(C(=O)O)c1Cl.Nc1cc(Cl)cc(C(=O)O)c1Cl. The van der Waals surface area contributed by atoms with E-state index in [4.69, 9.17) is 101 Å². The molecular formula is C32H30Br2Cl6N6O8. The number of nitrogens with two attached hydrogens (primary N) is 2. The molecule has 0 aliphatic heterocycles. The zero-order valence-corrected chi connectivity index (χ0v) is 35.9. The van der Waals surface area contributed by atoms with Crippen molar-refractivity contribution in [1.29, 1.82) is 0 Å². The Morgan fingerprint density at radius 3 is 1.19 bits per heavy atom. The minimum Gasteiger partial charge on any atom is -0.478 e. The van der Waals surface area contributed by atoms with Gasteiger partial charge in [-0.1, -0.05) is 69.6 Å². The van der Waals surface area contributed by atoms with Crippen LogP contribution >= 0.6 is 101 Å². The molecule has 0 aliphatic rings. The molecule has 0 unspecified atom stereocenters. The molecule has 0 saturated heterocycles. The van der Waals surface area contributed by atoms with Gasteiger partial charge in [-0.15, -0.1) is 0 Å². The number of carbonyl (C=O) groups excluding carboxylic acids is 2. The number of rotatable bonds is 6. The highest BCUT2D eigenvalue weighted by Crippen LogP contribution is 2.29. The number of anilines is 4. The second kappa shape index (κ2) is 23.5. The van der Waals surface area contributed by atoms with Gasteiger partial charge in [0.15, 0.2) is 0 Å². The molecular weight excluding hydrogens is 969 g/mol. The van der Waals surface area contributed by atoms with Crippen molar-refractivity contribution in [2.75, 3.05) is 50.4 Å². The molecule has 0 spiro atoms. The van der Waals surface area contributed by atoms with Crippen LogP contribution in [0.4, 0.5) is 32.3 Å². The van der Waals surface area contributed by atoms with Gasteiger partial charge in [-0.3, -0.25) is 9.68 Å². The summed E-state index contributed by atoms with van der Waals surface area (Å²) in [6.07, 6.45) is 0. The van der Waals surface area contributed by atoms with E-state index in [1.165, 1.54) is 52.6 Å². The molecule has 292 valence electrons. The Bertz CT molecular complexity index is 1840. The average molecular weight is 999 g/mol. The van der Waals surface area contributed by atoms with Crippen LogP contribution in [0, 0.1) is 0 Å². The molecule has 22 heteroatoms. The number of hydrogen-bond acceptors (Lipinski definition) is 8. The average Bonchev–Trinajstić information content (AvgIpc) is 3.10. The predicted molar refractivity (Wildman–Crippen MR) is 222 cm³/mol. The number of aromatic carboxylic acids is 2. The summed E-state index contributed by atoms with van der Waals surface area (Å²) in [4.78, 5) is 53.2. The van der Waals surface area contributed by atoms with Crippen LogP contribution < -0.4 is 22.1 Å². The molecule has 0 bridgehead atoms. The van der Waals surface area contributed by atoms with Gasteiger partial charge in [0.25, 0.3) is 0 Å². The maximum Gasteiger partial charge on any atom is 0.345 e. The smallest absolute Gasteiger partial charge is 0.345 e. The first-order chi connectivity index (χ1) is 25.1. The van der Waals surface area contributed by atoms with E-state index in [0.29, 0.717) is 21.4 Å². The van der Waals surface area contributed by atoms with Gasteiger partial charge < -0.3 is 32.3 Å². The van der Waals surface area contributed by atoms with Crippen LogP contribution in [0.3, 0.4) is 0 Å². The summed E-state index contributed by atoms with van der Waals surface area (Å²) in [5.74, 6) is -2.29. The van der Waals surface area contributed by atoms with Gasteiger partial charge in [-0.25, -0.2) is 29.3 Å². The van der Waals surface area contributed by atoms with Gasteiger partial charge >= 0.3 is 24.0 Å². The number of urea groups is 2. The van der Waals surface area contributed by atoms with Crippen molar-refractivity contribution >= 4 is 148 Å². The third-order valence-electron chi connectivity index (χ3n) is 6.05. The molecule has 0 fully saturated rings. The first-order valence-corrected chi connectivity index (χ1v) is 18.0. The number of carbonyl (C=O) groups is 4. The van der Waals surface area contributed by atoms with Crippen LogP contribution in [0.25, 0.3) is 0 Å². The summed E-state index contributed by atoms with van der Waals surface area (Å²) in [6.45, 7) is 0. The number of hydrogen-bond donors (Lipinski definition) is 6. The van der Waals surface area contributed by atoms with Gasteiger partial charge in [0.2, 0.25) is 0 Å². The lowest BCUT2D eigenvalue weighted by Crippen LogP contribution is -2.30. The van der Waals surface area contributed by atoms with Crippen molar-refractivity contribution < 1.29 is 39.1 Å². The number of carboxylic acid groups (broad SMARTS) is 2. The summed E-state index contributed by atoms with van der Waals surface area (Å²) in [5.41, 5.74) is 12.1. The van der Waals surface area contributed by atoms with Gasteiger partial charge in [0.05, 0.1) is 56.8 Å². The Morgan fingerprint density at radius 2 is 0.926 bits per heavy atom. The Balaban J connectivity index is 0.000000362. The Hall–Kier alpha value is -3.42. The summed E-state index contributed by atoms with van der Waals surface area (Å²) in [7, 11) is 5.84. The molecule has 4 amide bonds. The minimum atomic E-state index is -1.14. The van der Waals surface area contributed by atoms with E-state index in [9.17, 15) is 19.2 Å². The fourth-order valence-electron chi connectivity index (χ4n) is 3.25. The molecule has 0 saturated carbocycles. The molecule has 0 atom stereocenters. The van der Waals surface area contributed by atoms with Crippen molar-refractivity contribution in [3.05, 3.63) is 111 Å². The highest BCUT2D eigenvalue weighted by Gasteiger charge is 2.13. The fraction of sp³-hybridized carbons (Fsp3) is 0.125. The van der Waals surface area contributed by atoms with E-state index < -0.39 is 11.9 Å². The normalized spacial score (nSPS) is 9.85. The van der Waals surface area contributed by atoms with Crippen LogP contribution in [0.5, 0.6) is 0 Å². The van der Waals surface area contributed by atoms with Gasteiger partial charge in [-0.2, -0.15) is 0 Å². The highest BCUT2D eigenvalue weighted by atomic mass is 79.9. The number of amides is 4. The quantitative estimate of drug-likeness (QED) is 0.0795. The standard InChI is InChI=1S/2C9H10BrClN2O2.2C7H5Cl2NO2/c2*1-13(15-2)9(14)12-6-3-4-7(10)8(11)5-6;2*8-3-1-4(7(11)12)6(9)5(10)2-3/h2*3-5H,1-2H3,(H,12,14);2*1-2H,10H2,(H,11,12). The Kier molecular flexibility index (Phi) is 21.1. The van der Waals surface area contributed by atoms with E-state index in [1.807, 2.05) is 0 Å². The van der Waals surface area contributed by atoms with Gasteiger partial charge in [0, 0.05) is 44.5 Å². The molecule has 14 nitrogen and oxygen atoms in total. The molecule has 4 rings (SSSR count). The van der Waals surface area contributed by atoms with Crippen LogP contribution in [-0.2, 0) is 9.68 Å². The maximum atomic E-state index is 11.4. The topological polar surface area (TPSA) is 210 Å². The zero-order valence-electron chi connectivity index (χ0n) is 28.2. The van der Waals surface area contributed by atoms with Crippen LogP contribution in [0.2, 0.25) is 30.1 Å². The van der Waals surface area contributed by atoms with Crippen molar-refractivity contribution in [2.24, 2.45) is 0 Å². The third-order valence-corrected chi connectivity index (χ3v) is 9.80. The highest BCUT2D eigenvalue weighted by molar-refractivity contribution is 9.10.